The van der Waals surface area contributed by atoms with Crippen LogP contribution in [0, 0.1) is 0 Å². The lowest BCUT2D eigenvalue weighted by atomic mass is 9.85. The van der Waals surface area contributed by atoms with Gasteiger partial charge in [-0.05, 0) is 46.9 Å². The van der Waals surface area contributed by atoms with E-state index in [1.54, 1.807) is 42.6 Å². The molecule has 0 aliphatic carbocycles. The standard InChI is InChI=1S/C28H33FN4O5/c1-26(2,3)21-8-7-20(15-22(21)38-5)24(34)33-23(19-9-12-30-13-10-19)27(29,18-37-4)16-28(33,25(35)36)17-32-14-6-11-31-32/h6-15,23H,16-18H2,1-5H3,(H,35,36). The number of alkyl halides is 1. The Morgan fingerprint density at radius 3 is 2.42 bits per heavy atom. The van der Waals surface area contributed by atoms with Crippen molar-refractivity contribution in [2.75, 3.05) is 20.8 Å². The van der Waals surface area contributed by atoms with Crippen molar-refractivity contribution in [3.8, 4) is 5.75 Å². The van der Waals surface area contributed by atoms with Crippen LogP contribution in [0.3, 0.4) is 0 Å². The molecule has 3 atom stereocenters. The maximum Gasteiger partial charge on any atom is 0.331 e. The second-order valence-electron chi connectivity index (χ2n) is 10.7. The third-order valence-corrected chi connectivity index (χ3v) is 7.06. The molecule has 38 heavy (non-hydrogen) atoms. The highest BCUT2D eigenvalue weighted by Crippen LogP contribution is 2.53. The number of carbonyl (C=O) groups excluding carboxylic acids is 1. The van der Waals surface area contributed by atoms with Crippen molar-refractivity contribution in [2.45, 2.75) is 56.4 Å². The van der Waals surface area contributed by atoms with E-state index in [4.69, 9.17) is 9.47 Å². The summed E-state index contributed by atoms with van der Waals surface area (Å²) in [5.74, 6) is -1.50. The number of amides is 1. The summed E-state index contributed by atoms with van der Waals surface area (Å²) in [6.07, 6.45) is 5.57. The van der Waals surface area contributed by atoms with Gasteiger partial charge in [-0.25, -0.2) is 9.18 Å². The zero-order valence-corrected chi connectivity index (χ0v) is 22.2. The van der Waals surface area contributed by atoms with Crippen LogP contribution in [0.25, 0.3) is 0 Å². The molecule has 2 aromatic heterocycles. The van der Waals surface area contributed by atoms with Crippen LogP contribution in [-0.2, 0) is 21.5 Å². The molecule has 3 aromatic rings. The first kappa shape index (κ1) is 27.3. The Labute approximate surface area is 221 Å². The number of pyridine rings is 1. The molecule has 9 nitrogen and oxygen atoms in total. The summed E-state index contributed by atoms with van der Waals surface area (Å²) in [6.45, 7) is 5.40. The van der Waals surface area contributed by atoms with E-state index in [2.05, 4.69) is 10.1 Å². The zero-order chi connectivity index (χ0) is 27.7. The summed E-state index contributed by atoms with van der Waals surface area (Å²) in [7, 11) is 2.86. The van der Waals surface area contributed by atoms with Crippen molar-refractivity contribution in [3.63, 3.8) is 0 Å². The second kappa shape index (κ2) is 10.2. The molecule has 0 bridgehead atoms. The number of carboxylic acid groups (broad SMARTS) is 1. The van der Waals surface area contributed by atoms with Crippen LogP contribution < -0.4 is 4.74 Å². The summed E-state index contributed by atoms with van der Waals surface area (Å²) in [4.78, 5) is 32.6. The number of likely N-dealkylation sites (tertiary alicyclic amines) is 1. The molecule has 3 unspecified atom stereocenters. The fourth-order valence-corrected chi connectivity index (χ4v) is 5.44. The molecule has 10 heteroatoms. The highest BCUT2D eigenvalue weighted by molar-refractivity contribution is 5.99. The van der Waals surface area contributed by atoms with E-state index in [0.29, 0.717) is 11.3 Å². The summed E-state index contributed by atoms with van der Waals surface area (Å²) < 4.78 is 29.2. The van der Waals surface area contributed by atoms with Crippen LogP contribution in [0.1, 0.15) is 54.7 Å². The lowest BCUT2D eigenvalue weighted by Gasteiger charge is -2.38. The molecular weight excluding hydrogens is 491 g/mol. The SMILES string of the molecule is COCC1(F)CC(Cn2cccn2)(C(=O)O)N(C(=O)c2ccc(C(C)(C)C)c(OC)c2)C1c1ccncc1. The van der Waals surface area contributed by atoms with E-state index in [-0.39, 0.29) is 17.5 Å². The fraction of sp³-hybridized carbons (Fsp3) is 0.429. The predicted molar refractivity (Wildman–Crippen MR) is 138 cm³/mol. The smallest absolute Gasteiger partial charge is 0.331 e. The Morgan fingerprint density at radius 1 is 1.16 bits per heavy atom. The van der Waals surface area contributed by atoms with E-state index < -0.39 is 42.2 Å². The van der Waals surface area contributed by atoms with Crippen LogP contribution in [0.15, 0.2) is 61.2 Å². The molecule has 1 aliphatic heterocycles. The molecule has 1 N–H and O–H groups in total. The molecule has 4 rings (SSSR count). The third kappa shape index (κ3) is 4.76. The number of carbonyl (C=O) groups is 2. The topological polar surface area (TPSA) is 107 Å². The van der Waals surface area contributed by atoms with E-state index >= 15 is 4.39 Å². The van der Waals surface area contributed by atoms with Crippen molar-refractivity contribution in [1.82, 2.24) is 19.7 Å². The Bertz CT molecular complexity index is 1290. The molecule has 0 radical (unpaired) electrons. The minimum Gasteiger partial charge on any atom is -0.496 e. The number of aliphatic carboxylic acids is 1. The highest BCUT2D eigenvalue weighted by atomic mass is 19.1. The number of halogens is 1. The maximum atomic E-state index is 17.0. The van der Waals surface area contributed by atoms with Gasteiger partial charge in [0.1, 0.15) is 5.75 Å². The van der Waals surface area contributed by atoms with Crippen molar-refractivity contribution in [2.24, 2.45) is 0 Å². The van der Waals surface area contributed by atoms with Crippen molar-refractivity contribution in [3.05, 3.63) is 77.9 Å². The van der Waals surface area contributed by atoms with Gasteiger partial charge in [-0.15, -0.1) is 0 Å². The van der Waals surface area contributed by atoms with E-state index in [0.717, 1.165) is 10.5 Å². The number of methoxy groups -OCH3 is 2. The number of benzene rings is 1. The van der Waals surface area contributed by atoms with Crippen LogP contribution >= 0.6 is 0 Å². The zero-order valence-electron chi connectivity index (χ0n) is 22.2. The van der Waals surface area contributed by atoms with E-state index in [1.165, 1.54) is 37.5 Å². The van der Waals surface area contributed by atoms with Gasteiger partial charge in [0, 0.05) is 43.9 Å². The van der Waals surface area contributed by atoms with Crippen LogP contribution in [0.2, 0.25) is 0 Å². The Morgan fingerprint density at radius 2 is 1.87 bits per heavy atom. The van der Waals surface area contributed by atoms with Gasteiger partial charge in [-0.3, -0.25) is 14.5 Å². The number of aromatic nitrogens is 3. The lowest BCUT2D eigenvalue weighted by Crippen LogP contribution is -2.56. The quantitative estimate of drug-likeness (QED) is 0.474. The molecule has 1 aliphatic rings. The van der Waals surface area contributed by atoms with Crippen LogP contribution in [-0.4, -0.2) is 68.7 Å². The number of rotatable bonds is 8. The second-order valence-corrected chi connectivity index (χ2v) is 10.7. The first-order valence-corrected chi connectivity index (χ1v) is 12.3. The number of hydrogen-bond acceptors (Lipinski definition) is 6. The summed E-state index contributed by atoms with van der Waals surface area (Å²) in [5.41, 5.74) is -2.98. The summed E-state index contributed by atoms with van der Waals surface area (Å²) in [5, 5.41) is 14.8. The van der Waals surface area contributed by atoms with Crippen LogP contribution in [0.5, 0.6) is 5.75 Å². The lowest BCUT2D eigenvalue weighted by molar-refractivity contribution is -0.150. The fourth-order valence-electron chi connectivity index (χ4n) is 5.44. The Balaban J connectivity index is 1.95. The predicted octanol–water partition coefficient (Wildman–Crippen LogP) is 4.05. The molecule has 1 saturated heterocycles. The molecule has 0 saturated carbocycles. The number of hydrogen-bond donors (Lipinski definition) is 1. The summed E-state index contributed by atoms with van der Waals surface area (Å²) >= 11 is 0. The molecule has 1 amide bonds. The highest BCUT2D eigenvalue weighted by Gasteiger charge is 2.66. The number of carboxylic acids is 1. The number of ether oxygens (including phenoxy) is 2. The van der Waals surface area contributed by atoms with Gasteiger partial charge < -0.3 is 19.5 Å². The van der Waals surface area contributed by atoms with E-state index in [9.17, 15) is 14.7 Å². The van der Waals surface area contributed by atoms with Crippen molar-refractivity contribution in [1.29, 1.82) is 0 Å². The van der Waals surface area contributed by atoms with Gasteiger partial charge in [0.15, 0.2) is 11.2 Å². The minimum absolute atomic E-state index is 0.182. The molecule has 3 heterocycles. The first-order chi connectivity index (χ1) is 18.0. The molecule has 1 fully saturated rings. The first-order valence-electron chi connectivity index (χ1n) is 12.3. The van der Waals surface area contributed by atoms with E-state index in [1.807, 2.05) is 20.8 Å². The molecule has 1 aromatic carbocycles. The maximum absolute atomic E-state index is 17.0. The van der Waals surface area contributed by atoms with Crippen molar-refractivity contribution < 1.29 is 28.6 Å². The summed E-state index contributed by atoms with van der Waals surface area (Å²) in [6, 6.07) is 8.56. The van der Waals surface area contributed by atoms with Gasteiger partial charge >= 0.3 is 5.97 Å². The molecule has 202 valence electrons. The average Bonchev–Trinajstić information content (AvgIpc) is 3.47. The van der Waals surface area contributed by atoms with Gasteiger partial charge in [0.05, 0.1) is 26.3 Å². The van der Waals surface area contributed by atoms with Gasteiger partial charge in [-0.2, -0.15) is 5.10 Å². The van der Waals surface area contributed by atoms with Crippen LogP contribution in [0.4, 0.5) is 4.39 Å². The van der Waals surface area contributed by atoms with Gasteiger partial charge in [0.2, 0.25) is 0 Å². The normalized spacial score (nSPS) is 23.4. The van der Waals surface area contributed by atoms with Gasteiger partial charge in [-0.1, -0.05) is 26.8 Å². The Hall–Kier alpha value is -3.79. The third-order valence-electron chi connectivity index (χ3n) is 7.06. The van der Waals surface area contributed by atoms with Crippen molar-refractivity contribution >= 4 is 11.9 Å². The monoisotopic (exact) mass is 524 g/mol. The largest absolute Gasteiger partial charge is 0.496 e. The molecule has 0 spiro atoms. The van der Waals surface area contributed by atoms with Gasteiger partial charge in [0.25, 0.3) is 5.91 Å². The molecular formula is C28H33FN4O5. The average molecular weight is 525 g/mol. The minimum atomic E-state index is -2.22. The number of nitrogens with zero attached hydrogens (tertiary/aromatic N) is 4. The Kier molecular flexibility index (Phi) is 7.29.